The molecule has 0 spiro atoms. The van der Waals surface area contributed by atoms with Gasteiger partial charge < -0.3 is 19.9 Å². The maximum absolute atomic E-state index is 12.8. The van der Waals surface area contributed by atoms with E-state index in [1.165, 1.54) is 30.0 Å². The Labute approximate surface area is 212 Å². The van der Waals surface area contributed by atoms with Crippen LogP contribution in [-0.4, -0.2) is 44.4 Å². The molecule has 3 rings (SSSR count). The number of amides is 2. The van der Waals surface area contributed by atoms with E-state index in [4.69, 9.17) is 4.74 Å². The quantitative estimate of drug-likeness (QED) is 0.237. The van der Waals surface area contributed by atoms with Gasteiger partial charge in [0.25, 0.3) is 11.6 Å². The summed E-state index contributed by atoms with van der Waals surface area (Å²) in [6.45, 7) is 5.64. The van der Waals surface area contributed by atoms with Gasteiger partial charge in [0.1, 0.15) is 5.75 Å². The lowest BCUT2D eigenvalue weighted by Crippen LogP contribution is -2.33. The number of nitrogens with one attached hydrogen (secondary N) is 2. The van der Waals surface area contributed by atoms with Crippen LogP contribution in [0.25, 0.3) is 0 Å². The first-order chi connectivity index (χ1) is 17.1. The number of nitro benzene ring substituents is 1. The van der Waals surface area contributed by atoms with Crippen LogP contribution in [-0.2, 0) is 11.8 Å². The fourth-order valence-electron chi connectivity index (χ4n) is 3.44. The number of nitro groups is 1. The van der Waals surface area contributed by atoms with Gasteiger partial charge in [-0.25, -0.2) is 0 Å². The van der Waals surface area contributed by atoms with E-state index < -0.39 is 11.0 Å². The molecule has 1 heterocycles. The van der Waals surface area contributed by atoms with Crippen molar-refractivity contribution in [1.82, 2.24) is 20.1 Å². The summed E-state index contributed by atoms with van der Waals surface area (Å²) in [6.07, 6.45) is 0. The van der Waals surface area contributed by atoms with Gasteiger partial charge in [0.05, 0.1) is 23.8 Å². The minimum Gasteiger partial charge on any atom is -0.497 e. The highest BCUT2D eigenvalue weighted by Gasteiger charge is 2.25. The Morgan fingerprint density at radius 3 is 2.44 bits per heavy atom. The summed E-state index contributed by atoms with van der Waals surface area (Å²) in [7, 11) is 3.35. The number of methoxy groups -OCH3 is 1. The first-order valence-corrected chi connectivity index (χ1v) is 12.1. The van der Waals surface area contributed by atoms with E-state index >= 15 is 0 Å². The lowest BCUT2D eigenvalue weighted by molar-refractivity contribution is -0.384. The van der Waals surface area contributed by atoms with Crippen molar-refractivity contribution < 1.29 is 19.2 Å². The number of carbonyl (C=O) groups is 2. The molecule has 1 aromatic heterocycles. The average molecular weight is 513 g/mol. The molecule has 1 atom stereocenters. The third kappa shape index (κ3) is 6.39. The first-order valence-electron chi connectivity index (χ1n) is 11.1. The number of carbonyl (C=O) groups excluding carboxylic acids is 2. The van der Waals surface area contributed by atoms with Crippen molar-refractivity contribution in [2.75, 3.05) is 18.2 Å². The molecular formula is C24H28N6O5S. The molecule has 0 aliphatic rings. The van der Waals surface area contributed by atoms with Crippen molar-refractivity contribution in [2.24, 2.45) is 13.0 Å². The molecule has 0 bridgehead atoms. The van der Waals surface area contributed by atoms with Crippen molar-refractivity contribution >= 4 is 35.0 Å². The van der Waals surface area contributed by atoms with Crippen molar-refractivity contribution in [2.45, 2.75) is 32.0 Å². The Morgan fingerprint density at radius 1 is 1.17 bits per heavy atom. The molecule has 11 nitrogen and oxygen atoms in total. The van der Waals surface area contributed by atoms with E-state index in [1.54, 1.807) is 49.9 Å². The maximum atomic E-state index is 12.8. The Bertz CT molecular complexity index is 1260. The average Bonchev–Trinajstić information content (AvgIpc) is 3.21. The van der Waals surface area contributed by atoms with Gasteiger partial charge in [-0.2, -0.15) is 0 Å². The molecule has 12 heteroatoms. The standard InChI is InChI=1S/C24H28N6O5S/c1-14(2)21(26-23(32)16-6-9-18(35-5)10-7-16)22-27-28-24(29(22)4)36-13-20(31)25-19-11-8-17(30(33)34)12-15(19)3/h6-12,14,21H,13H2,1-5H3,(H,25,31)(H,26,32). The third-order valence-electron chi connectivity index (χ3n) is 5.48. The number of ether oxygens (including phenoxy) is 1. The number of aromatic nitrogens is 3. The van der Waals surface area contributed by atoms with Crippen molar-refractivity contribution in [1.29, 1.82) is 0 Å². The van der Waals surface area contributed by atoms with Gasteiger partial charge in [-0.1, -0.05) is 25.6 Å². The molecule has 2 aromatic carbocycles. The number of hydrogen-bond acceptors (Lipinski definition) is 8. The lowest BCUT2D eigenvalue weighted by Gasteiger charge is -2.21. The first kappa shape index (κ1) is 26.7. The van der Waals surface area contributed by atoms with Gasteiger partial charge in [0.15, 0.2) is 11.0 Å². The van der Waals surface area contributed by atoms with Gasteiger partial charge >= 0.3 is 0 Å². The number of hydrogen-bond donors (Lipinski definition) is 2. The Kier molecular flexibility index (Phi) is 8.64. The summed E-state index contributed by atoms with van der Waals surface area (Å²) in [4.78, 5) is 35.7. The van der Waals surface area contributed by atoms with Crippen molar-refractivity contribution in [3.05, 3.63) is 69.5 Å². The maximum Gasteiger partial charge on any atom is 0.269 e. The molecular weight excluding hydrogens is 484 g/mol. The van der Waals surface area contributed by atoms with Gasteiger partial charge in [-0.05, 0) is 48.7 Å². The molecule has 190 valence electrons. The number of aryl methyl sites for hydroxylation is 1. The van der Waals surface area contributed by atoms with E-state index in [0.29, 0.717) is 33.5 Å². The summed E-state index contributed by atoms with van der Waals surface area (Å²) in [5.74, 6) is 0.797. The van der Waals surface area contributed by atoms with Crippen LogP contribution in [0.4, 0.5) is 11.4 Å². The zero-order valence-corrected chi connectivity index (χ0v) is 21.5. The summed E-state index contributed by atoms with van der Waals surface area (Å²) in [5.41, 5.74) is 1.56. The number of rotatable bonds is 10. The second-order valence-corrected chi connectivity index (χ2v) is 9.36. The van der Waals surface area contributed by atoms with Crippen LogP contribution in [0, 0.1) is 23.0 Å². The number of nitrogens with zero attached hydrogens (tertiary/aromatic N) is 4. The second-order valence-electron chi connectivity index (χ2n) is 8.42. The number of benzene rings is 2. The molecule has 3 aromatic rings. The van der Waals surface area contributed by atoms with Gasteiger partial charge in [0, 0.05) is 30.4 Å². The Hall–Kier alpha value is -3.93. The lowest BCUT2D eigenvalue weighted by atomic mass is 10.0. The highest BCUT2D eigenvalue weighted by atomic mass is 32.2. The van der Waals surface area contributed by atoms with E-state index in [1.807, 2.05) is 13.8 Å². The van der Waals surface area contributed by atoms with E-state index in [0.717, 1.165) is 0 Å². The summed E-state index contributed by atoms with van der Waals surface area (Å²) in [5, 5.41) is 25.7. The minimum atomic E-state index is -0.482. The summed E-state index contributed by atoms with van der Waals surface area (Å²) in [6, 6.07) is 10.7. The highest BCUT2D eigenvalue weighted by Crippen LogP contribution is 2.26. The van der Waals surface area contributed by atoms with Crippen molar-refractivity contribution in [3.63, 3.8) is 0 Å². The van der Waals surface area contributed by atoms with Crippen LogP contribution in [0.5, 0.6) is 5.75 Å². The highest BCUT2D eigenvalue weighted by molar-refractivity contribution is 7.99. The van der Waals surface area contributed by atoms with Gasteiger partial charge in [0.2, 0.25) is 5.91 Å². The third-order valence-corrected chi connectivity index (χ3v) is 6.50. The van der Waals surface area contributed by atoms with Gasteiger partial charge in [-0.15, -0.1) is 10.2 Å². The summed E-state index contributed by atoms with van der Waals surface area (Å²) < 4.78 is 6.90. The van der Waals surface area contributed by atoms with Gasteiger partial charge in [-0.3, -0.25) is 19.7 Å². The smallest absolute Gasteiger partial charge is 0.269 e. The topological polar surface area (TPSA) is 141 Å². The molecule has 0 radical (unpaired) electrons. The number of non-ortho nitro benzene ring substituents is 1. The monoisotopic (exact) mass is 512 g/mol. The number of anilines is 1. The molecule has 0 aliphatic carbocycles. The predicted molar refractivity (Wildman–Crippen MR) is 136 cm³/mol. The van der Waals surface area contributed by atoms with Crippen LogP contribution >= 0.6 is 11.8 Å². The largest absolute Gasteiger partial charge is 0.497 e. The van der Waals surface area contributed by atoms with E-state index in [-0.39, 0.29) is 29.2 Å². The molecule has 0 saturated heterocycles. The van der Waals surface area contributed by atoms with Crippen LogP contribution in [0.1, 0.15) is 41.6 Å². The molecule has 0 fully saturated rings. The summed E-state index contributed by atoms with van der Waals surface area (Å²) >= 11 is 1.20. The molecule has 0 aliphatic heterocycles. The molecule has 2 N–H and O–H groups in total. The van der Waals surface area contributed by atoms with Crippen LogP contribution in [0.15, 0.2) is 47.6 Å². The molecule has 0 saturated carbocycles. The minimum absolute atomic E-state index is 0.0290. The van der Waals surface area contributed by atoms with E-state index in [9.17, 15) is 19.7 Å². The molecule has 36 heavy (non-hydrogen) atoms. The SMILES string of the molecule is COc1ccc(C(=O)NC(c2nnc(SCC(=O)Nc3ccc([N+](=O)[O-])cc3C)n2C)C(C)C)cc1. The normalized spacial score (nSPS) is 11.7. The van der Waals surface area contributed by atoms with E-state index in [2.05, 4.69) is 20.8 Å². The number of thioether (sulfide) groups is 1. The molecule has 2 amide bonds. The predicted octanol–water partition coefficient (Wildman–Crippen LogP) is 3.90. The van der Waals surface area contributed by atoms with Crippen LogP contribution in [0.3, 0.4) is 0 Å². The fraction of sp³-hybridized carbons (Fsp3) is 0.333. The Balaban J connectivity index is 1.65. The van der Waals surface area contributed by atoms with Crippen LogP contribution < -0.4 is 15.4 Å². The fourth-order valence-corrected chi connectivity index (χ4v) is 4.16. The van der Waals surface area contributed by atoms with Crippen molar-refractivity contribution in [3.8, 4) is 5.75 Å². The molecule has 1 unspecified atom stereocenters. The second kappa shape index (κ2) is 11.7. The van der Waals surface area contributed by atoms with Crippen LogP contribution in [0.2, 0.25) is 0 Å². The zero-order chi connectivity index (χ0) is 26.4. The zero-order valence-electron chi connectivity index (χ0n) is 20.6. The Morgan fingerprint density at radius 2 is 1.86 bits per heavy atom.